The van der Waals surface area contributed by atoms with E-state index in [1.165, 1.54) is 29.5 Å². The second kappa shape index (κ2) is 6.71. The first kappa shape index (κ1) is 15.4. The molecule has 0 saturated carbocycles. The Bertz CT molecular complexity index is 830. The summed E-state index contributed by atoms with van der Waals surface area (Å²) in [5.74, 6) is -0.795. The Balaban J connectivity index is 1.87. The van der Waals surface area contributed by atoms with Gasteiger partial charge in [-0.2, -0.15) is 0 Å². The lowest BCUT2D eigenvalue weighted by molar-refractivity contribution is 0.102. The second-order valence-corrected chi connectivity index (χ2v) is 6.06. The van der Waals surface area contributed by atoms with Gasteiger partial charge in [0.15, 0.2) is 5.13 Å². The molecule has 0 fully saturated rings. The number of benzene rings is 2. The Morgan fingerprint density at radius 2 is 1.96 bits per heavy atom. The van der Waals surface area contributed by atoms with Gasteiger partial charge in [-0.05, 0) is 24.6 Å². The molecule has 0 aliphatic carbocycles. The summed E-state index contributed by atoms with van der Waals surface area (Å²) in [4.78, 5) is 17.8. The van der Waals surface area contributed by atoms with Gasteiger partial charge in [-0.1, -0.05) is 43.3 Å². The van der Waals surface area contributed by atoms with Crippen molar-refractivity contribution in [2.75, 3.05) is 5.32 Å². The molecule has 0 radical (unpaired) electrons. The molecule has 1 N–H and O–H groups in total. The van der Waals surface area contributed by atoms with Gasteiger partial charge < -0.3 is 0 Å². The van der Waals surface area contributed by atoms with E-state index in [4.69, 9.17) is 0 Å². The van der Waals surface area contributed by atoms with Gasteiger partial charge in [0.05, 0.1) is 5.69 Å². The van der Waals surface area contributed by atoms with Crippen LogP contribution in [0.3, 0.4) is 0 Å². The van der Waals surface area contributed by atoms with Gasteiger partial charge in [-0.25, -0.2) is 9.37 Å². The summed E-state index contributed by atoms with van der Waals surface area (Å²) in [7, 11) is 0. The van der Waals surface area contributed by atoms with Crippen molar-refractivity contribution in [2.45, 2.75) is 13.3 Å². The molecule has 5 heteroatoms. The van der Waals surface area contributed by atoms with Crippen molar-refractivity contribution in [2.24, 2.45) is 0 Å². The third-order valence-corrected chi connectivity index (χ3v) is 4.49. The van der Waals surface area contributed by atoms with E-state index in [0.29, 0.717) is 5.13 Å². The van der Waals surface area contributed by atoms with E-state index in [1.807, 2.05) is 30.3 Å². The van der Waals surface area contributed by atoms with Gasteiger partial charge in [0.2, 0.25) is 0 Å². The number of aryl methyl sites for hydroxylation is 1. The minimum Gasteiger partial charge on any atom is -0.298 e. The first-order valence-corrected chi connectivity index (χ1v) is 8.11. The Morgan fingerprint density at radius 3 is 2.65 bits per heavy atom. The maximum absolute atomic E-state index is 13.2. The number of carbonyl (C=O) groups excluding carboxylic acids is 1. The lowest BCUT2D eigenvalue weighted by Gasteiger charge is -2.01. The van der Waals surface area contributed by atoms with Gasteiger partial charge in [0.1, 0.15) is 5.82 Å². The van der Waals surface area contributed by atoms with E-state index in [1.54, 1.807) is 6.07 Å². The Kier molecular flexibility index (Phi) is 4.48. The molecular formula is C18H15FN2OS. The van der Waals surface area contributed by atoms with Crippen molar-refractivity contribution < 1.29 is 9.18 Å². The summed E-state index contributed by atoms with van der Waals surface area (Å²) in [6.07, 6.45) is 0.831. The number of halogens is 1. The Morgan fingerprint density at radius 1 is 1.17 bits per heavy atom. The van der Waals surface area contributed by atoms with Crippen molar-refractivity contribution in [3.8, 4) is 11.3 Å². The van der Waals surface area contributed by atoms with Crippen molar-refractivity contribution in [3.05, 3.63) is 70.9 Å². The molecule has 0 aliphatic rings. The molecule has 1 heterocycles. The third-order valence-electron chi connectivity index (χ3n) is 3.37. The largest absolute Gasteiger partial charge is 0.298 e. The number of nitrogens with zero attached hydrogens (tertiary/aromatic N) is 1. The number of hydrogen-bond donors (Lipinski definition) is 1. The quantitative estimate of drug-likeness (QED) is 0.751. The van der Waals surface area contributed by atoms with Crippen molar-refractivity contribution in [1.82, 2.24) is 4.98 Å². The smallest absolute Gasteiger partial charge is 0.257 e. The predicted octanol–water partition coefficient (Wildman–Crippen LogP) is 4.76. The Labute approximate surface area is 137 Å². The summed E-state index contributed by atoms with van der Waals surface area (Å²) in [5.41, 5.74) is 2.18. The zero-order chi connectivity index (χ0) is 16.2. The number of hydrogen-bond acceptors (Lipinski definition) is 3. The molecule has 1 aromatic heterocycles. The van der Waals surface area contributed by atoms with Crippen molar-refractivity contribution in [3.63, 3.8) is 0 Å². The van der Waals surface area contributed by atoms with Crippen molar-refractivity contribution >= 4 is 22.4 Å². The summed E-state index contributed by atoms with van der Waals surface area (Å²) < 4.78 is 13.2. The lowest BCUT2D eigenvalue weighted by Crippen LogP contribution is -2.11. The third kappa shape index (κ3) is 3.46. The van der Waals surface area contributed by atoms with Crippen LogP contribution in [0.4, 0.5) is 9.52 Å². The van der Waals surface area contributed by atoms with Gasteiger partial charge in [0, 0.05) is 16.0 Å². The fourth-order valence-corrected chi connectivity index (χ4v) is 3.18. The van der Waals surface area contributed by atoms with Crippen LogP contribution < -0.4 is 5.32 Å². The standard InChI is InChI=1S/C18H15FN2OS/c1-2-15-16(12-7-4-3-5-8-12)20-18(23-15)21-17(22)13-9-6-10-14(19)11-13/h3-11H,2H2,1H3,(H,20,21,22). The minimum absolute atomic E-state index is 0.277. The predicted molar refractivity (Wildman–Crippen MR) is 91.3 cm³/mol. The fourth-order valence-electron chi connectivity index (χ4n) is 2.27. The first-order valence-electron chi connectivity index (χ1n) is 7.29. The zero-order valence-corrected chi connectivity index (χ0v) is 13.4. The molecule has 3 aromatic rings. The van der Waals surface area contributed by atoms with Gasteiger partial charge >= 0.3 is 0 Å². The van der Waals surface area contributed by atoms with Crippen LogP contribution in [0, 0.1) is 5.82 Å². The van der Waals surface area contributed by atoms with Crippen molar-refractivity contribution in [1.29, 1.82) is 0 Å². The maximum atomic E-state index is 13.2. The molecule has 1 amide bonds. The van der Waals surface area contributed by atoms with Crippen LogP contribution in [-0.2, 0) is 6.42 Å². The fraction of sp³-hybridized carbons (Fsp3) is 0.111. The molecule has 3 rings (SSSR count). The Hall–Kier alpha value is -2.53. The highest BCUT2D eigenvalue weighted by Gasteiger charge is 2.14. The molecule has 0 bridgehead atoms. The molecule has 0 spiro atoms. The van der Waals surface area contributed by atoms with E-state index in [9.17, 15) is 9.18 Å². The number of carbonyl (C=O) groups is 1. The highest BCUT2D eigenvalue weighted by molar-refractivity contribution is 7.16. The van der Waals surface area contributed by atoms with E-state index in [2.05, 4.69) is 17.2 Å². The average molecular weight is 326 g/mol. The summed E-state index contributed by atoms with van der Waals surface area (Å²) in [5, 5.41) is 3.28. The highest BCUT2D eigenvalue weighted by atomic mass is 32.1. The van der Waals surface area contributed by atoms with Gasteiger partial charge in [-0.3, -0.25) is 10.1 Å². The van der Waals surface area contributed by atoms with Crippen LogP contribution >= 0.6 is 11.3 Å². The number of amides is 1. The van der Waals surface area contributed by atoms with Crippen LogP contribution in [0.2, 0.25) is 0 Å². The molecule has 0 saturated heterocycles. The van der Waals surface area contributed by atoms with E-state index >= 15 is 0 Å². The zero-order valence-electron chi connectivity index (χ0n) is 12.5. The van der Waals surface area contributed by atoms with Crippen LogP contribution in [0.5, 0.6) is 0 Å². The highest BCUT2D eigenvalue weighted by Crippen LogP contribution is 2.31. The molecule has 0 aliphatic heterocycles. The number of anilines is 1. The SMILES string of the molecule is CCc1sc(NC(=O)c2cccc(F)c2)nc1-c1ccccc1. The first-order chi connectivity index (χ1) is 11.2. The summed E-state index contributed by atoms with van der Waals surface area (Å²) in [6.45, 7) is 2.05. The molecule has 116 valence electrons. The topological polar surface area (TPSA) is 42.0 Å². The van der Waals surface area contributed by atoms with Crippen LogP contribution in [0.25, 0.3) is 11.3 Å². The molecule has 0 atom stereocenters. The van der Waals surface area contributed by atoms with Gasteiger partial charge in [0.25, 0.3) is 5.91 Å². The average Bonchev–Trinajstić information content (AvgIpc) is 2.98. The lowest BCUT2D eigenvalue weighted by atomic mass is 10.1. The van der Waals surface area contributed by atoms with Crippen LogP contribution in [0.1, 0.15) is 22.2 Å². The number of nitrogens with one attached hydrogen (secondary N) is 1. The molecule has 0 unspecified atom stereocenters. The normalized spacial score (nSPS) is 10.5. The summed E-state index contributed by atoms with van der Waals surface area (Å²) >= 11 is 1.44. The number of rotatable bonds is 4. The summed E-state index contributed by atoms with van der Waals surface area (Å²) in [6, 6.07) is 15.5. The van der Waals surface area contributed by atoms with E-state index < -0.39 is 5.82 Å². The molecule has 2 aromatic carbocycles. The maximum Gasteiger partial charge on any atom is 0.257 e. The van der Waals surface area contributed by atoms with Crippen LogP contribution in [0.15, 0.2) is 54.6 Å². The molecule has 23 heavy (non-hydrogen) atoms. The molecular weight excluding hydrogens is 311 g/mol. The number of thiazole rings is 1. The van der Waals surface area contributed by atoms with E-state index in [-0.39, 0.29) is 11.5 Å². The second-order valence-electron chi connectivity index (χ2n) is 4.97. The van der Waals surface area contributed by atoms with Crippen LogP contribution in [-0.4, -0.2) is 10.9 Å². The molecule has 3 nitrogen and oxygen atoms in total. The van der Waals surface area contributed by atoms with E-state index in [0.717, 1.165) is 22.6 Å². The monoisotopic (exact) mass is 326 g/mol. The number of aromatic nitrogens is 1. The minimum atomic E-state index is -0.434. The van der Waals surface area contributed by atoms with Gasteiger partial charge in [-0.15, -0.1) is 11.3 Å².